The number of ether oxygens (including phenoxy) is 2. The summed E-state index contributed by atoms with van der Waals surface area (Å²) < 4.78 is 33.8. The molecule has 1 N–H and O–H groups in total. The third-order valence-electron chi connectivity index (χ3n) is 6.14. The number of phosphoric ester groups is 1. The van der Waals surface area contributed by atoms with Crippen molar-refractivity contribution in [2.75, 3.05) is 61.2 Å². The fourth-order valence-corrected chi connectivity index (χ4v) is 4.62. The molecule has 35 heavy (non-hydrogen) atoms. The van der Waals surface area contributed by atoms with Crippen molar-refractivity contribution < 1.29 is 32.5 Å². The Labute approximate surface area is 217 Å². The highest BCUT2D eigenvalue weighted by molar-refractivity contribution is 7.47. The van der Waals surface area contributed by atoms with Gasteiger partial charge in [-0.15, -0.1) is 0 Å². The van der Waals surface area contributed by atoms with Gasteiger partial charge in [0.15, 0.2) is 0 Å². The molecule has 0 aromatic carbocycles. The Hall–Kier alpha value is -0.0100. The zero-order valence-electron chi connectivity index (χ0n) is 23.8. The Morgan fingerprint density at radius 1 is 0.686 bits per heavy atom. The van der Waals surface area contributed by atoms with Crippen LogP contribution in [0, 0.1) is 0 Å². The lowest BCUT2D eigenvalue weighted by molar-refractivity contribution is -0.870. The van der Waals surface area contributed by atoms with Crippen LogP contribution in [0.4, 0.5) is 0 Å². The number of methoxy groups -OCH3 is 1. The van der Waals surface area contributed by atoms with Crippen LogP contribution in [0.3, 0.4) is 0 Å². The van der Waals surface area contributed by atoms with Crippen molar-refractivity contribution in [2.45, 2.75) is 116 Å². The smallest absolute Gasteiger partial charge is 0.382 e. The van der Waals surface area contributed by atoms with Crippen LogP contribution >= 0.6 is 7.82 Å². The number of likely N-dealkylation sites (N-methyl/N-ethyl adjacent to an activating group) is 1. The summed E-state index contributed by atoms with van der Waals surface area (Å²) in [5.74, 6) is 0. The first kappa shape index (κ1) is 35.0. The Kier molecular flexibility index (Phi) is 23.1. The number of unbranched alkanes of at least 4 members (excludes halogenated alkanes) is 15. The van der Waals surface area contributed by atoms with Crippen LogP contribution < -0.4 is 0 Å². The Morgan fingerprint density at radius 2 is 1.14 bits per heavy atom. The first-order chi connectivity index (χ1) is 16.7. The molecular weight excluding hydrogens is 465 g/mol. The fraction of sp³-hybridized carbons (Fsp3) is 1.00. The summed E-state index contributed by atoms with van der Waals surface area (Å²) in [5.41, 5.74) is 0. The van der Waals surface area contributed by atoms with Crippen molar-refractivity contribution in [1.29, 1.82) is 0 Å². The lowest BCUT2D eigenvalue weighted by atomic mass is 10.0. The van der Waals surface area contributed by atoms with E-state index in [9.17, 15) is 9.46 Å². The Bertz CT molecular complexity index is 501. The second-order valence-corrected chi connectivity index (χ2v) is 12.3. The first-order valence-electron chi connectivity index (χ1n) is 14.2. The third-order valence-corrected chi connectivity index (χ3v) is 7.13. The summed E-state index contributed by atoms with van der Waals surface area (Å²) in [6.45, 7) is 3.95. The molecule has 0 aromatic rings. The van der Waals surface area contributed by atoms with Gasteiger partial charge in [0.1, 0.15) is 19.3 Å². The topological polar surface area (TPSA) is 74.2 Å². The SMILES string of the molecule is CCCCCCCCCCCCCCCCCCOC(COC)COP(=O)(O)OCC[N+](C)(C)C. The quantitative estimate of drug-likeness (QED) is 0.0701. The van der Waals surface area contributed by atoms with E-state index in [4.69, 9.17) is 18.5 Å². The van der Waals surface area contributed by atoms with Crippen molar-refractivity contribution in [3.05, 3.63) is 0 Å². The molecule has 0 heterocycles. The van der Waals surface area contributed by atoms with Crippen molar-refractivity contribution >= 4 is 7.82 Å². The highest BCUT2D eigenvalue weighted by Gasteiger charge is 2.24. The number of rotatable bonds is 27. The number of quaternary nitrogens is 1. The molecule has 2 unspecified atom stereocenters. The lowest BCUT2D eigenvalue weighted by Gasteiger charge is -2.24. The predicted molar refractivity (Wildman–Crippen MR) is 146 cm³/mol. The average molecular weight is 525 g/mol. The molecule has 7 nitrogen and oxygen atoms in total. The zero-order chi connectivity index (χ0) is 26.3. The molecule has 0 saturated carbocycles. The molecule has 0 rings (SSSR count). The number of hydrogen-bond donors (Lipinski definition) is 1. The van der Waals surface area contributed by atoms with Crippen molar-refractivity contribution in [3.8, 4) is 0 Å². The molecule has 0 radical (unpaired) electrons. The Morgan fingerprint density at radius 3 is 1.57 bits per heavy atom. The summed E-state index contributed by atoms with van der Waals surface area (Å²) >= 11 is 0. The standard InChI is InChI=1S/C27H58NO6P/c1-6-7-8-9-10-11-12-13-14-15-16-17-18-19-20-21-23-32-27(25-31-5)26-34-35(29,30)33-24-22-28(2,3)4/h27H,6-26H2,1-5H3/p+1. The molecule has 0 aromatic heterocycles. The lowest BCUT2D eigenvalue weighted by Crippen LogP contribution is -2.37. The second kappa shape index (κ2) is 23.1. The molecule has 2 atom stereocenters. The van der Waals surface area contributed by atoms with Crippen LogP contribution in [0.15, 0.2) is 0 Å². The Balaban J connectivity index is 3.62. The molecule has 0 aliphatic carbocycles. The molecule has 0 bridgehead atoms. The highest BCUT2D eigenvalue weighted by Crippen LogP contribution is 2.43. The summed E-state index contributed by atoms with van der Waals surface area (Å²) in [6.07, 6.45) is 21.0. The van der Waals surface area contributed by atoms with E-state index in [0.717, 1.165) is 12.8 Å². The van der Waals surface area contributed by atoms with Gasteiger partial charge in [-0.2, -0.15) is 0 Å². The van der Waals surface area contributed by atoms with E-state index >= 15 is 0 Å². The van der Waals surface area contributed by atoms with E-state index in [2.05, 4.69) is 6.92 Å². The van der Waals surface area contributed by atoms with Crippen molar-refractivity contribution in [2.24, 2.45) is 0 Å². The molecule has 0 aliphatic rings. The van der Waals surface area contributed by atoms with Gasteiger partial charge >= 0.3 is 7.82 Å². The molecule has 212 valence electrons. The third kappa shape index (κ3) is 26.9. The highest BCUT2D eigenvalue weighted by atomic mass is 31.2. The number of hydrogen-bond acceptors (Lipinski definition) is 5. The van der Waals surface area contributed by atoms with Gasteiger partial charge in [-0.25, -0.2) is 4.57 Å². The number of nitrogens with zero attached hydrogens (tertiary/aromatic N) is 1. The van der Waals surface area contributed by atoms with E-state index in [0.29, 0.717) is 24.2 Å². The molecule has 0 aliphatic heterocycles. The van der Waals surface area contributed by atoms with Crippen LogP contribution in [0.25, 0.3) is 0 Å². The van der Waals surface area contributed by atoms with E-state index in [1.54, 1.807) is 7.11 Å². The molecule has 0 fully saturated rings. The fourth-order valence-electron chi connectivity index (χ4n) is 3.88. The van der Waals surface area contributed by atoms with Crippen LogP contribution in [0.5, 0.6) is 0 Å². The van der Waals surface area contributed by atoms with Crippen molar-refractivity contribution in [3.63, 3.8) is 0 Å². The minimum atomic E-state index is -4.08. The zero-order valence-corrected chi connectivity index (χ0v) is 24.7. The van der Waals surface area contributed by atoms with Gasteiger partial charge < -0.3 is 18.9 Å². The van der Waals surface area contributed by atoms with Crippen LogP contribution in [0.1, 0.15) is 110 Å². The summed E-state index contributed by atoms with van der Waals surface area (Å²) in [4.78, 5) is 9.86. The molecule has 0 amide bonds. The van der Waals surface area contributed by atoms with Gasteiger partial charge in [0.25, 0.3) is 0 Å². The normalized spacial score (nSPS) is 14.8. The first-order valence-corrected chi connectivity index (χ1v) is 15.7. The van der Waals surface area contributed by atoms with E-state index < -0.39 is 7.82 Å². The van der Waals surface area contributed by atoms with Gasteiger partial charge in [0.2, 0.25) is 0 Å². The number of phosphoric acid groups is 1. The van der Waals surface area contributed by atoms with E-state index in [1.807, 2.05) is 21.1 Å². The van der Waals surface area contributed by atoms with Crippen LogP contribution in [-0.2, 0) is 23.1 Å². The van der Waals surface area contributed by atoms with Gasteiger partial charge in [-0.3, -0.25) is 9.05 Å². The minimum Gasteiger partial charge on any atom is -0.382 e. The monoisotopic (exact) mass is 524 g/mol. The molecule has 0 saturated heterocycles. The van der Waals surface area contributed by atoms with Gasteiger partial charge in [0.05, 0.1) is 34.4 Å². The summed E-state index contributed by atoms with van der Waals surface area (Å²) in [5, 5.41) is 0. The van der Waals surface area contributed by atoms with Crippen LogP contribution in [0.2, 0.25) is 0 Å². The van der Waals surface area contributed by atoms with E-state index in [1.165, 1.54) is 89.9 Å². The summed E-state index contributed by atoms with van der Waals surface area (Å²) in [6, 6.07) is 0. The molecular formula is C27H59NO6P+. The maximum absolute atomic E-state index is 12.0. The average Bonchev–Trinajstić information content (AvgIpc) is 2.78. The largest absolute Gasteiger partial charge is 0.472 e. The van der Waals surface area contributed by atoms with Gasteiger partial charge in [-0.05, 0) is 6.42 Å². The maximum Gasteiger partial charge on any atom is 0.472 e. The second-order valence-electron chi connectivity index (χ2n) is 10.9. The van der Waals surface area contributed by atoms with Gasteiger partial charge in [-0.1, -0.05) is 103 Å². The molecule has 0 spiro atoms. The minimum absolute atomic E-state index is 0.0230. The molecule has 8 heteroatoms. The maximum atomic E-state index is 12.0. The van der Waals surface area contributed by atoms with Crippen LogP contribution in [-0.4, -0.2) is 76.7 Å². The van der Waals surface area contributed by atoms with Crippen molar-refractivity contribution in [1.82, 2.24) is 0 Å². The van der Waals surface area contributed by atoms with Gasteiger partial charge in [0, 0.05) is 13.7 Å². The predicted octanol–water partition coefficient (Wildman–Crippen LogP) is 7.12. The summed E-state index contributed by atoms with van der Waals surface area (Å²) in [7, 11) is 3.49. The van der Waals surface area contributed by atoms with E-state index in [-0.39, 0.29) is 19.3 Å².